The first-order valence-corrected chi connectivity index (χ1v) is 10.1. The van der Waals surface area contributed by atoms with Gasteiger partial charge in [0, 0.05) is 12.1 Å². The van der Waals surface area contributed by atoms with Gasteiger partial charge < -0.3 is 4.74 Å². The second kappa shape index (κ2) is 9.21. The van der Waals surface area contributed by atoms with Gasteiger partial charge in [0.25, 0.3) is 0 Å². The highest BCUT2D eigenvalue weighted by atomic mass is 19.3. The van der Waals surface area contributed by atoms with Crippen LogP contribution in [0.5, 0.6) is 5.75 Å². The molecule has 166 valence electrons. The van der Waals surface area contributed by atoms with Crippen LogP contribution in [0.1, 0.15) is 68.1 Å². The van der Waals surface area contributed by atoms with Crippen LogP contribution in [0, 0.1) is 40.5 Å². The molecule has 31 heavy (non-hydrogen) atoms. The van der Waals surface area contributed by atoms with Crippen molar-refractivity contribution in [1.29, 1.82) is 5.26 Å². The van der Waals surface area contributed by atoms with Crippen molar-refractivity contribution in [3.05, 3.63) is 64.2 Å². The molecule has 3 rings (SSSR count). The van der Waals surface area contributed by atoms with Gasteiger partial charge in [0.05, 0.1) is 0 Å². The van der Waals surface area contributed by atoms with E-state index >= 15 is 0 Å². The normalized spacial score (nSPS) is 19.2. The number of halogens is 6. The SMILES string of the molecule is CCC[C@H]1CC[C@H](c2cc(F)c(C(F)(F)Oc3cc(F)c(C#N)c(F)c3)c(F)c2)CC1. The van der Waals surface area contributed by atoms with Crippen LogP contribution in [0.2, 0.25) is 0 Å². The zero-order valence-corrected chi connectivity index (χ0v) is 16.8. The standard InChI is InChI=1S/C23H21F6NO/c1-2-3-13-4-6-14(7-5-13)15-8-20(26)22(21(27)9-15)23(28,29)31-16-10-18(24)17(12-30)19(25)11-16/h8-11,13-14H,2-7H2,1H3/t13-,14-. The Kier molecular flexibility index (Phi) is 6.83. The molecule has 0 spiro atoms. The number of rotatable bonds is 6. The van der Waals surface area contributed by atoms with Gasteiger partial charge >= 0.3 is 6.11 Å². The fraction of sp³-hybridized carbons (Fsp3) is 0.435. The summed E-state index contributed by atoms with van der Waals surface area (Å²) in [5, 5.41) is 8.63. The minimum atomic E-state index is -4.53. The number of hydrogen-bond acceptors (Lipinski definition) is 2. The lowest BCUT2D eigenvalue weighted by Gasteiger charge is -2.29. The maximum atomic E-state index is 14.5. The molecule has 0 heterocycles. The van der Waals surface area contributed by atoms with E-state index in [0.29, 0.717) is 23.6 Å². The molecule has 0 aromatic heterocycles. The monoisotopic (exact) mass is 441 g/mol. The summed E-state index contributed by atoms with van der Waals surface area (Å²) in [6, 6.07) is 3.70. The molecule has 0 N–H and O–H groups in total. The molecule has 2 aromatic rings. The van der Waals surface area contributed by atoms with E-state index in [2.05, 4.69) is 11.7 Å². The van der Waals surface area contributed by atoms with Crippen molar-refractivity contribution in [2.24, 2.45) is 5.92 Å². The molecule has 0 unspecified atom stereocenters. The largest absolute Gasteiger partial charge is 0.432 e. The summed E-state index contributed by atoms with van der Waals surface area (Å²) in [6.07, 6.45) is 0.902. The maximum Gasteiger partial charge on any atom is 0.432 e. The van der Waals surface area contributed by atoms with E-state index in [1.165, 1.54) is 6.07 Å². The zero-order valence-electron chi connectivity index (χ0n) is 16.8. The van der Waals surface area contributed by atoms with Gasteiger partial charge in [-0.2, -0.15) is 14.0 Å². The first-order chi connectivity index (χ1) is 14.7. The van der Waals surface area contributed by atoms with Gasteiger partial charge in [-0.25, -0.2) is 17.6 Å². The molecule has 0 saturated heterocycles. The Morgan fingerprint density at radius 3 is 1.97 bits per heavy atom. The highest BCUT2D eigenvalue weighted by Crippen LogP contribution is 2.41. The van der Waals surface area contributed by atoms with E-state index in [4.69, 9.17) is 5.26 Å². The molecule has 1 aliphatic carbocycles. The molecule has 2 aromatic carbocycles. The van der Waals surface area contributed by atoms with Crippen LogP contribution in [-0.4, -0.2) is 0 Å². The van der Waals surface area contributed by atoms with Gasteiger partial charge in [0.1, 0.15) is 46.2 Å². The third kappa shape index (κ3) is 4.97. The van der Waals surface area contributed by atoms with Crippen LogP contribution < -0.4 is 4.74 Å². The molecule has 0 aliphatic heterocycles. The Morgan fingerprint density at radius 1 is 0.935 bits per heavy atom. The summed E-state index contributed by atoms with van der Waals surface area (Å²) < 4.78 is 89.6. The van der Waals surface area contributed by atoms with Crippen molar-refractivity contribution in [2.75, 3.05) is 0 Å². The number of hydrogen-bond donors (Lipinski definition) is 0. The van der Waals surface area contributed by atoms with Crippen LogP contribution in [-0.2, 0) is 6.11 Å². The van der Waals surface area contributed by atoms with Crippen LogP contribution in [0.15, 0.2) is 24.3 Å². The summed E-state index contributed by atoms with van der Waals surface area (Å²) in [7, 11) is 0. The van der Waals surface area contributed by atoms with Gasteiger partial charge in [-0.1, -0.05) is 19.8 Å². The predicted molar refractivity (Wildman–Crippen MR) is 102 cm³/mol. The van der Waals surface area contributed by atoms with Crippen molar-refractivity contribution in [1.82, 2.24) is 0 Å². The maximum absolute atomic E-state index is 14.5. The van der Waals surface area contributed by atoms with Crippen LogP contribution in [0.3, 0.4) is 0 Å². The van der Waals surface area contributed by atoms with E-state index in [1.807, 2.05) is 0 Å². The van der Waals surface area contributed by atoms with Crippen molar-refractivity contribution < 1.29 is 31.1 Å². The van der Waals surface area contributed by atoms with Gasteiger partial charge in [-0.3, -0.25) is 0 Å². The lowest BCUT2D eigenvalue weighted by molar-refractivity contribution is -0.189. The number of nitriles is 1. The smallest absolute Gasteiger partial charge is 0.429 e. The van der Waals surface area contributed by atoms with Crippen molar-refractivity contribution in [3.8, 4) is 11.8 Å². The Labute approximate surface area is 176 Å². The Bertz CT molecular complexity index is 946. The molecular weight excluding hydrogens is 420 g/mol. The van der Waals surface area contributed by atoms with E-state index in [9.17, 15) is 26.3 Å². The summed E-state index contributed by atoms with van der Waals surface area (Å²) >= 11 is 0. The number of nitrogens with zero attached hydrogens (tertiary/aromatic N) is 1. The molecule has 0 bridgehead atoms. The van der Waals surface area contributed by atoms with E-state index in [1.54, 1.807) is 0 Å². The van der Waals surface area contributed by atoms with Crippen molar-refractivity contribution >= 4 is 0 Å². The average Bonchev–Trinajstić information content (AvgIpc) is 2.67. The van der Waals surface area contributed by atoms with Gasteiger partial charge in [0.2, 0.25) is 0 Å². The van der Waals surface area contributed by atoms with Crippen molar-refractivity contribution in [2.45, 2.75) is 57.5 Å². The number of alkyl halides is 2. The van der Waals surface area contributed by atoms with E-state index < -0.39 is 46.3 Å². The van der Waals surface area contributed by atoms with Crippen molar-refractivity contribution in [3.63, 3.8) is 0 Å². The molecule has 8 heteroatoms. The average molecular weight is 441 g/mol. The van der Waals surface area contributed by atoms with Gasteiger partial charge in [-0.15, -0.1) is 0 Å². The van der Waals surface area contributed by atoms with E-state index in [0.717, 1.165) is 50.7 Å². The molecule has 1 fully saturated rings. The molecule has 0 amide bonds. The topological polar surface area (TPSA) is 33.0 Å². The minimum Gasteiger partial charge on any atom is -0.429 e. The summed E-state index contributed by atoms with van der Waals surface area (Å²) in [4.78, 5) is 0. The van der Waals surface area contributed by atoms with Crippen LogP contribution in [0.4, 0.5) is 26.3 Å². The Morgan fingerprint density at radius 2 is 1.48 bits per heavy atom. The molecule has 1 aliphatic rings. The second-order valence-electron chi connectivity index (χ2n) is 7.86. The highest BCUT2D eigenvalue weighted by molar-refractivity contribution is 5.39. The summed E-state index contributed by atoms with van der Waals surface area (Å²) in [5.41, 5.74) is -2.31. The minimum absolute atomic E-state index is 0.123. The summed E-state index contributed by atoms with van der Waals surface area (Å²) in [6.45, 7) is 2.10. The third-order valence-electron chi connectivity index (χ3n) is 5.74. The Balaban J connectivity index is 1.83. The first-order valence-electron chi connectivity index (χ1n) is 10.1. The zero-order chi connectivity index (χ0) is 22.8. The quantitative estimate of drug-likeness (QED) is 0.440. The third-order valence-corrected chi connectivity index (χ3v) is 5.74. The lowest BCUT2D eigenvalue weighted by Crippen LogP contribution is -2.26. The fourth-order valence-electron chi connectivity index (χ4n) is 4.21. The molecule has 0 radical (unpaired) electrons. The lowest BCUT2D eigenvalue weighted by atomic mass is 9.77. The highest BCUT2D eigenvalue weighted by Gasteiger charge is 2.42. The molecule has 0 atom stereocenters. The number of benzene rings is 2. The summed E-state index contributed by atoms with van der Waals surface area (Å²) in [5.74, 6) is -6.40. The second-order valence-corrected chi connectivity index (χ2v) is 7.86. The predicted octanol–water partition coefficient (Wildman–Crippen LogP) is 7.32. The van der Waals surface area contributed by atoms with Gasteiger partial charge in [0.15, 0.2) is 0 Å². The first kappa shape index (κ1) is 23.0. The van der Waals surface area contributed by atoms with Crippen LogP contribution in [0.25, 0.3) is 0 Å². The molecular formula is C23H21F6NO. The fourth-order valence-corrected chi connectivity index (χ4v) is 4.21. The van der Waals surface area contributed by atoms with Gasteiger partial charge in [-0.05, 0) is 55.2 Å². The molecule has 1 saturated carbocycles. The Hall–Kier alpha value is -2.69. The van der Waals surface area contributed by atoms with Crippen LogP contribution >= 0.6 is 0 Å². The molecule has 2 nitrogen and oxygen atoms in total. The van der Waals surface area contributed by atoms with E-state index in [-0.39, 0.29) is 5.92 Å². The number of ether oxygens (including phenoxy) is 1.